The Balaban J connectivity index is 0.000000253. The molecule has 1 aliphatic heterocycles. The van der Waals surface area contributed by atoms with E-state index in [0.29, 0.717) is 0 Å². The number of nitrogen functional groups attached to an aromatic ring is 1. The number of ether oxygens (including phenoxy) is 1. The van der Waals surface area contributed by atoms with Crippen molar-refractivity contribution in [2.75, 3.05) is 18.9 Å². The predicted octanol–water partition coefficient (Wildman–Crippen LogP) is 2.83. The van der Waals surface area contributed by atoms with Gasteiger partial charge in [-0.25, -0.2) is 27.3 Å². The highest BCUT2D eigenvalue weighted by Crippen LogP contribution is 2.39. The molecule has 7 nitrogen and oxygen atoms in total. The first kappa shape index (κ1) is 22.4. The van der Waals surface area contributed by atoms with E-state index in [1.165, 1.54) is 12.3 Å². The minimum atomic E-state index is -3.02. The molecule has 1 aromatic carbocycles. The van der Waals surface area contributed by atoms with Crippen LogP contribution in [0.3, 0.4) is 0 Å². The van der Waals surface area contributed by atoms with Crippen molar-refractivity contribution in [1.82, 2.24) is 4.98 Å². The molecule has 0 unspecified atom stereocenters. The van der Waals surface area contributed by atoms with E-state index in [1.807, 2.05) is 0 Å². The molecule has 0 bridgehead atoms. The Labute approximate surface area is 167 Å². The Morgan fingerprint density at radius 3 is 2.52 bits per heavy atom. The van der Waals surface area contributed by atoms with Crippen LogP contribution in [0.15, 0.2) is 35.5 Å². The highest BCUT2D eigenvalue weighted by Gasteiger charge is 2.46. The highest BCUT2D eigenvalue weighted by atomic mass is 35.5. The average molecular weight is 435 g/mol. The number of nitrogens with two attached hydrogens (primary N) is 2. The summed E-state index contributed by atoms with van der Waals surface area (Å²) in [5, 5.41) is 7.91. The molecule has 12 heteroatoms. The summed E-state index contributed by atoms with van der Waals surface area (Å²) in [4.78, 5) is 17.1. The zero-order valence-corrected chi connectivity index (χ0v) is 15.3. The summed E-state index contributed by atoms with van der Waals surface area (Å²) in [7, 11) is 0. The van der Waals surface area contributed by atoms with Gasteiger partial charge in [-0.1, -0.05) is 11.6 Å². The molecular formula is C17H15ClF4N4O3. The molecule has 2 aromatic rings. The highest BCUT2D eigenvalue weighted by molar-refractivity contribution is 6.31. The van der Waals surface area contributed by atoms with Gasteiger partial charge in [-0.2, -0.15) is 0 Å². The second-order valence-electron chi connectivity index (χ2n) is 5.82. The van der Waals surface area contributed by atoms with Crippen LogP contribution in [0, 0.1) is 11.6 Å². The maximum atomic E-state index is 14.0. The number of pyridine rings is 1. The number of aromatic carboxylic acids is 1. The van der Waals surface area contributed by atoms with Gasteiger partial charge >= 0.3 is 5.97 Å². The lowest BCUT2D eigenvalue weighted by Crippen LogP contribution is -2.45. The largest absolute Gasteiger partial charge is 0.476 e. The second kappa shape index (κ2) is 9.05. The maximum Gasteiger partial charge on any atom is 0.357 e. The van der Waals surface area contributed by atoms with Crippen LogP contribution in [0.5, 0.6) is 0 Å². The second-order valence-corrected chi connectivity index (χ2v) is 6.23. The topological polar surface area (TPSA) is 124 Å². The average Bonchev–Trinajstić information content (AvgIpc) is 2.65. The number of aliphatic imine (C=N–C) groups is 1. The van der Waals surface area contributed by atoms with E-state index < -0.39 is 47.4 Å². The molecule has 156 valence electrons. The number of hydrogen-bond donors (Lipinski definition) is 3. The number of carbonyl (C=O) groups is 1. The number of aromatic nitrogens is 1. The Bertz CT molecular complexity index is 945. The van der Waals surface area contributed by atoms with Crippen LogP contribution in [0.25, 0.3) is 0 Å². The minimum Gasteiger partial charge on any atom is -0.476 e. The van der Waals surface area contributed by atoms with Crippen molar-refractivity contribution in [3.05, 3.63) is 58.4 Å². The van der Waals surface area contributed by atoms with Crippen LogP contribution in [-0.4, -0.2) is 41.5 Å². The summed E-state index contributed by atoms with van der Waals surface area (Å²) in [5.41, 5.74) is 7.81. The number of carboxylic acid groups (broad SMARTS) is 1. The Morgan fingerprint density at radius 2 is 2.00 bits per heavy atom. The summed E-state index contributed by atoms with van der Waals surface area (Å²) in [6, 6.07) is 4.59. The first-order valence-electron chi connectivity index (χ1n) is 7.87. The summed E-state index contributed by atoms with van der Waals surface area (Å²) in [5.74, 6) is -3.30. The molecule has 29 heavy (non-hydrogen) atoms. The van der Waals surface area contributed by atoms with Crippen molar-refractivity contribution < 1.29 is 32.2 Å². The first-order valence-corrected chi connectivity index (χ1v) is 8.25. The Kier molecular flexibility index (Phi) is 6.98. The minimum absolute atomic E-state index is 0.0563. The number of anilines is 1. The van der Waals surface area contributed by atoms with Crippen molar-refractivity contribution in [3.8, 4) is 0 Å². The van der Waals surface area contributed by atoms with E-state index in [4.69, 9.17) is 32.9 Å². The fraction of sp³-hybridized carbons (Fsp3) is 0.235. The number of carboxylic acids is 1. The van der Waals surface area contributed by atoms with Crippen molar-refractivity contribution in [3.63, 3.8) is 0 Å². The third-order valence-corrected chi connectivity index (χ3v) is 4.03. The predicted molar refractivity (Wildman–Crippen MR) is 97.1 cm³/mol. The van der Waals surface area contributed by atoms with E-state index in [9.17, 15) is 22.4 Å². The van der Waals surface area contributed by atoms with Gasteiger partial charge in [-0.05, 0) is 24.3 Å². The quantitative estimate of drug-likeness (QED) is 0.504. The van der Waals surface area contributed by atoms with Crippen LogP contribution in [0.1, 0.15) is 16.1 Å². The van der Waals surface area contributed by atoms with Crippen LogP contribution in [-0.2, 0) is 10.3 Å². The number of hydrogen-bond acceptors (Lipinski definition) is 6. The van der Waals surface area contributed by atoms with Gasteiger partial charge in [0.1, 0.15) is 18.3 Å². The molecule has 3 rings (SSSR count). The van der Waals surface area contributed by atoms with Crippen molar-refractivity contribution in [2.24, 2.45) is 10.7 Å². The van der Waals surface area contributed by atoms with Gasteiger partial charge in [-0.3, -0.25) is 4.99 Å². The molecule has 1 atom stereocenters. The molecule has 0 amide bonds. The van der Waals surface area contributed by atoms with Gasteiger partial charge in [0, 0.05) is 17.4 Å². The number of rotatable bonds is 3. The molecule has 1 aliphatic rings. The van der Waals surface area contributed by atoms with Gasteiger partial charge < -0.3 is 21.3 Å². The lowest BCUT2D eigenvalue weighted by molar-refractivity contribution is -0.0145. The molecule has 0 radical (unpaired) electrons. The normalized spacial score (nSPS) is 18.6. The molecular weight excluding hydrogens is 420 g/mol. The third-order valence-electron chi connectivity index (χ3n) is 3.75. The molecule has 1 aromatic heterocycles. The molecule has 0 aliphatic carbocycles. The zero-order valence-electron chi connectivity index (χ0n) is 14.6. The summed E-state index contributed by atoms with van der Waals surface area (Å²) < 4.78 is 58.1. The standard InChI is InChI=1S/C11H11ClF3N3O.C6H4FNO2/c12-7-2-5(16)1-6(9(7)13)11(10(14)15)4-19-3-8(17)18-11;7-4-2-1-3-8-5(4)6(9)10/h1-2,10H,3-4,16H2,(H2,17,18);1-3H,(H,9,10)/t11-;/m0./s1. The maximum absolute atomic E-state index is 14.0. The third kappa shape index (κ3) is 4.93. The van der Waals surface area contributed by atoms with E-state index in [2.05, 4.69) is 9.98 Å². The number of nitrogens with zero attached hydrogens (tertiary/aromatic N) is 2. The van der Waals surface area contributed by atoms with E-state index >= 15 is 0 Å². The van der Waals surface area contributed by atoms with E-state index in [1.54, 1.807) is 0 Å². The summed E-state index contributed by atoms with van der Waals surface area (Å²) in [6.07, 6.45) is -1.79. The SMILES string of the molecule is NC1=N[C@@](c2cc(N)cc(Cl)c2F)(C(F)F)COC1.O=C(O)c1ncccc1F. The van der Waals surface area contributed by atoms with Crippen LogP contribution >= 0.6 is 11.6 Å². The van der Waals surface area contributed by atoms with Crippen LogP contribution in [0.4, 0.5) is 23.2 Å². The molecule has 0 spiro atoms. The zero-order chi connectivity index (χ0) is 21.8. The first-order chi connectivity index (χ1) is 13.6. The monoisotopic (exact) mass is 434 g/mol. The van der Waals surface area contributed by atoms with E-state index in [-0.39, 0.29) is 23.2 Å². The van der Waals surface area contributed by atoms with Gasteiger partial charge in [0.15, 0.2) is 17.1 Å². The van der Waals surface area contributed by atoms with Crippen LogP contribution in [0.2, 0.25) is 5.02 Å². The lowest BCUT2D eigenvalue weighted by Gasteiger charge is -2.33. The summed E-state index contributed by atoms with van der Waals surface area (Å²) >= 11 is 5.62. The summed E-state index contributed by atoms with van der Waals surface area (Å²) in [6.45, 7) is -0.575. The Hall–Kier alpha value is -2.92. The fourth-order valence-electron chi connectivity index (χ4n) is 2.47. The fourth-order valence-corrected chi connectivity index (χ4v) is 2.70. The van der Waals surface area contributed by atoms with Gasteiger partial charge in [0.25, 0.3) is 6.43 Å². The van der Waals surface area contributed by atoms with Crippen molar-refractivity contribution in [1.29, 1.82) is 0 Å². The number of halogens is 5. The Morgan fingerprint density at radius 1 is 1.31 bits per heavy atom. The van der Waals surface area contributed by atoms with Crippen molar-refractivity contribution >= 4 is 29.1 Å². The van der Waals surface area contributed by atoms with E-state index in [0.717, 1.165) is 18.2 Å². The molecule has 2 heterocycles. The molecule has 0 saturated heterocycles. The van der Waals surface area contributed by atoms with Gasteiger partial charge in [0.05, 0.1) is 11.6 Å². The van der Waals surface area contributed by atoms with Gasteiger partial charge in [0.2, 0.25) is 0 Å². The van der Waals surface area contributed by atoms with Crippen molar-refractivity contribution in [2.45, 2.75) is 12.0 Å². The smallest absolute Gasteiger partial charge is 0.357 e. The molecule has 5 N–H and O–H groups in total. The number of benzene rings is 1. The van der Waals surface area contributed by atoms with Gasteiger partial charge in [-0.15, -0.1) is 0 Å². The lowest BCUT2D eigenvalue weighted by atomic mass is 9.90. The van der Waals surface area contributed by atoms with Crippen LogP contribution < -0.4 is 11.5 Å². The number of amidine groups is 1. The molecule has 0 fully saturated rings. The number of alkyl halides is 2. The molecule has 0 saturated carbocycles.